The summed E-state index contributed by atoms with van der Waals surface area (Å²) in [7, 11) is 0. The summed E-state index contributed by atoms with van der Waals surface area (Å²) in [5, 5.41) is 12.2. The average Bonchev–Trinajstić information content (AvgIpc) is 2.76. The Labute approximate surface area is 98.0 Å². The van der Waals surface area contributed by atoms with Crippen LogP contribution in [0.5, 0.6) is 5.75 Å². The summed E-state index contributed by atoms with van der Waals surface area (Å²) < 4.78 is 0. The Balaban J connectivity index is 2.12. The van der Waals surface area contributed by atoms with E-state index in [2.05, 4.69) is 5.32 Å². The smallest absolute Gasteiger partial charge is 0.256 e. The number of nitrogens with one attached hydrogen (secondary N) is 1. The molecule has 0 unspecified atom stereocenters. The predicted molar refractivity (Wildman–Crippen MR) is 60.8 cm³/mol. The third-order valence-corrected chi connectivity index (χ3v) is 3.31. The molecule has 5 heteroatoms. The molecule has 2 amide bonds. The normalized spacial score (nSPS) is 22.8. The van der Waals surface area contributed by atoms with Crippen molar-refractivity contribution in [3.63, 3.8) is 0 Å². The van der Waals surface area contributed by atoms with Crippen molar-refractivity contribution in [2.45, 2.75) is 18.9 Å². The van der Waals surface area contributed by atoms with Crippen LogP contribution in [0.25, 0.3) is 0 Å². The van der Waals surface area contributed by atoms with Crippen molar-refractivity contribution in [2.75, 3.05) is 11.9 Å². The number of rotatable bonds is 0. The Morgan fingerprint density at radius 1 is 1.35 bits per heavy atom. The van der Waals surface area contributed by atoms with Crippen molar-refractivity contribution in [1.82, 2.24) is 4.90 Å². The predicted octanol–water partition coefficient (Wildman–Crippen LogP) is 0.949. The Morgan fingerprint density at radius 2 is 2.18 bits per heavy atom. The zero-order chi connectivity index (χ0) is 12.0. The highest BCUT2D eigenvalue weighted by molar-refractivity contribution is 6.10. The topological polar surface area (TPSA) is 69.6 Å². The van der Waals surface area contributed by atoms with Gasteiger partial charge < -0.3 is 15.3 Å². The Kier molecular flexibility index (Phi) is 2.07. The first kappa shape index (κ1) is 10.1. The van der Waals surface area contributed by atoms with Gasteiger partial charge in [0, 0.05) is 6.54 Å². The molecule has 1 fully saturated rings. The van der Waals surface area contributed by atoms with Crippen LogP contribution in [0.1, 0.15) is 23.2 Å². The number of phenolic OH excluding ortho intramolecular Hbond substituents is 1. The van der Waals surface area contributed by atoms with Gasteiger partial charge in [0.2, 0.25) is 5.91 Å². The van der Waals surface area contributed by atoms with E-state index in [1.54, 1.807) is 11.0 Å². The summed E-state index contributed by atoms with van der Waals surface area (Å²) in [5.74, 6) is -0.291. The van der Waals surface area contributed by atoms with E-state index in [1.165, 1.54) is 12.1 Å². The Hall–Kier alpha value is -2.04. The van der Waals surface area contributed by atoms with Crippen LogP contribution in [-0.2, 0) is 4.79 Å². The van der Waals surface area contributed by atoms with E-state index in [0.29, 0.717) is 24.2 Å². The summed E-state index contributed by atoms with van der Waals surface area (Å²) in [5.41, 5.74) is 0.843. The van der Waals surface area contributed by atoms with E-state index >= 15 is 0 Å². The molecule has 2 aliphatic heterocycles. The minimum absolute atomic E-state index is 0.0315. The molecule has 0 spiro atoms. The van der Waals surface area contributed by atoms with E-state index in [0.717, 1.165) is 6.42 Å². The number of carbonyl (C=O) groups excluding carboxylic acids is 2. The average molecular weight is 232 g/mol. The molecule has 0 aliphatic carbocycles. The molecule has 0 radical (unpaired) electrons. The molecular formula is C12H12N2O3. The molecule has 2 N–H and O–H groups in total. The lowest BCUT2D eigenvalue weighted by Crippen LogP contribution is -2.40. The molecule has 1 aromatic rings. The van der Waals surface area contributed by atoms with Gasteiger partial charge in [-0.3, -0.25) is 9.59 Å². The minimum Gasteiger partial charge on any atom is -0.508 e. The maximum atomic E-state index is 12.2. The molecule has 0 saturated carbocycles. The van der Waals surface area contributed by atoms with Crippen molar-refractivity contribution in [2.24, 2.45) is 0 Å². The molecule has 17 heavy (non-hydrogen) atoms. The highest BCUT2D eigenvalue weighted by Gasteiger charge is 2.38. The third-order valence-electron chi connectivity index (χ3n) is 3.31. The van der Waals surface area contributed by atoms with Crippen LogP contribution in [0.4, 0.5) is 5.69 Å². The first-order valence-electron chi connectivity index (χ1n) is 5.61. The van der Waals surface area contributed by atoms with Crippen LogP contribution < -0.4 is 5.32 Å². The summed E-state index contributed by atoms with van der Waals surface area (Å²) in [6.45, 7) is 0.603. The van der Waals surface area contributed by atoms with Gasteiger partial charge in [0.15, 0.2) is 0 Å². The number of phenols is 1. The van der Waals surface area contributed by atoms with Crippen LogP contribution in [0.15, 0.2) is 18.2 Å². The quantitative estimate of drug-likeness (QED) is 0.654. The standard InChI is InChI=1S/C12H12N2O3/c15-7-3-4-9-8(6-7)12(17)14-5-1-2-10(14)11(16)13-9/h3-4,6,10,15H,1-2,5H2,(H,13,16)/t10-/m0/s1. The maximum absolute atomic E-state index is 12.2. The molecule has 1 saturated heterocycles. The number of anilines is 1. The summed E-state index contributed by atoms with van der Waals surface area (Å²) in [4.78, 5) is 25.7. The lowest BCUT2D eigenvalue weighted by atomic mass is 10.1. The number of hydrogen-bond acceptors (Lipinski definition) is 3. The first-order valence-corrected chi connectivity index (χ1v) is 5.61. The second kappa shape index (κ2) is 3.48. The van der Waals surface area contributed by atoms with Gasteiger partial charge >= 0.3 is 0 Å². The van der Waals surface area contributed by atoms with Crippen molar-refractivity contribution in [3.05, 3.63) is 23.8 Å². The number of benzene rings is 1. The zero-order valence-corrected chi connectivity index (χ0v) is 9.14. The molecule has 0 aromatic heterocycles. The number of aromatic hydroxyl groups is 1. The monoisotopic (exact) mass is 232 g/mol. The molecule has 0 bridgehead atoms. The van der Waals surface area contributed by atoms with Gasteiger partial charge in [-0.2, -0.15) is 0 Å². The van der Waals surface area contributed by atoms with Crippen molar-refractivity contribution >= 4 is 17.5 Å². The van der Waals surface area contributed by atoms with E-state index in [1.807, 2.05) is 0 Å². The molecule has 5 nitrogen and oxygen atoms in total. The van der Waals surface area contributed by atoms with Crippen LogP contribution >= 0.6 is 0 Å². The molecular weight excluding hydrogens is 220 g/mol. The van der Waals surface area contributed by atoms with Gasteiger partial charge in [0.1, 0.15) is 11.8 Å². The maximum Gasteiger partial charge on any atom is 0.256 e. The number of hydrogen-bond donors (Lipinski definition) is 2. The zero-order valence-electron chi connectivity index (χ0n) is 9.14. The van der Waals surface area contributed by atoms with Gasteiger partial charge in [-0.25, -0.2) is 0 Å². The van der Waals surface area contributed by atoms with E-state index in [-0.39, 0.29) is 23.6 Å². The van der Waals surface area contributed by atoms with Crippen molar-refractivity contribution in [3.8, 4) is 5.75 Å². The molecule has 1 atom stereocenters. The van der Waals surface area contributed by atoms with Crippen molar-refractivity contribution < 1.29 is 14.7 Å². The van der Waals surface area contributed by atoms with Gasteiger partial charge in [-0.15, -0.1) is 0 Å². The van der Waals surface area contributed by atoms with Crippen molar-refractivity contribution in [1.29, 1.82) is 0 Å². The second-order valence-corrected chi connectivity index (χ2v) is 4.38. The SMILES string of the molecule is O=C1Nc2ccc(O)cc2C(=O)N2CCC[C@@H]12. The lowest BCUT2D eigenvalue weighted by molar-refractivity contribution is -0.119. The second-order valence-electron chi connectivity index (χ2n) is 4.38. The Bertz CT molecular complexity index is 512. The fourth-order valence-corrected chi connectivity index (χ4v) is 2.47. The van der Waals surface area contributed by atoms with Crippen LogP contribution in [0, 0.1) is 0 Å². The summed E-state index contributed by atoms with van der Waals surface area (Å²) in [6.07, 6.45) is 1.55. The molecule has 3 rings (SSSR count). The number of amides is 2. The molecule has 88 valence electrons. The molecule has 1 aromatic carbocycles. The van der Waals surface area contributed by atoms with Crippen LogP contribution in [0.2, 0.25) is 0 Å². The summed E-state index contributed by atoms with van der Waals surface area (Å²) >= 11 is 0. The third kappa shape index (κ3) is 1.46. The number of fused-ring (bicyclic) bond motifs is 2. The highest BCUT2D eigenvalue weighted by atomic mass is 16.3. The number of carbonyl (C=O) groups is 2. The first-order chi connectivity index (χ1) is 8.16. The fourth-order valence-electron chi connectivity index (χ4n) is 2.47. The van der Waals surface area contributed by atoms with E-state index < -0.39 is 0 Å². The van der Waals surface area contributed by atoms with E-state index in [4.69, 9.17) is 0 Å². The minimum atomic E-state index is -0.364. The fraction of sp³-hybridized carbons (Fsp3) is 0.333. The van der Waals surface area contributed by atoms with Gasteiger partial charge in [0.05, 0.1) is 11.3 Å². The summed E-state index contributed by atoms with van der Waals surface area (Å²) in [6, 6.07) is 4.06. The van der Waals surface area contributed by atoms with E-state index in [9.17, 15) is 14.7 Å². The Morgan fingerprint density at radius 3 is 3.00 bits per heavy atom. The van der Waals surface area contributed by atoms with Gasteiger partial charge in [-0.05, 0) is 31.0 Å². The highest BCUT2D eigenvalue weighted by Crippen LogP contribution is 2.30. The number of nitrogens with zero attached hydrogens (tertiary/aromatic N) is 1. The lowest BCUT2D eigenvalue weighted by Gasteiger charge is -2.19. The van der Waals surface area contributed by atoms with Gasteiger partial charge in [-0.1, -0.05) is 0 Å². The van der Waals surface area contributed by atoms with Crippen LogP contribution in [0.3, 0.4) is 0 Å². The molecule has 2 heterocycles. The van der Waals surface area contributed by atoms with Gasteiger partial charge in [0.25, 0.3) is 5.91 Å². The van der Waals surface area contributed by atoms with Crippen LogP contribution in [-0.4, -0.2) is 34.4 Å². The largest absolute Gasteiger partial charge is 0.508 e. The molecule has 2 aliphatic rings.